The second-order valence-corrected chi connectivity index (χ2v) is 11.7. The smallest absolute Gasteiger partial charge is 0.307 e. The summed E-state index contributed by atoms with van der Waals surface area (Å²) < 4.78 is 25.8. The van der Waals surface area contributed by atoms with Crippen molar-refractivity contribution < 1.29 is 23.4 Å². The van der Waals surface area contributed by atoms with Crippen LogP contribution in [0.4, 0.5) is 10.9 Å². The van der Waals surface area contributed by atoms with E-state index in [1.165, 1.54) is 0 Å². The Balaban J connectivity index is 1.27. The summed E-state index contributed by atoms with van der Waals surface area (Å²) in [6, 6.07) is 0.0752. The summed E-state index contributed by atoms with van der Waals surface area (Å²) in [5.74, 6) is -0.713. The monoisotopic (exact) mass is 513 g/mol. The van der Waals surface area contributed by atoms with Gasteiger partial charge in [0.1, 0.15) is 10.4 Å². The van der Waals surface area contributed by atoms with Gasteiger partial charge in [0.05, 0.1) is 17.8 Å². The van der Waals surface area contributed by atoms with Crippen molar-refractivity contribution in [3.63, 3.8) is 0 Å². The summed E-state index contributed by atoms with van der Waals surface area (Å²) in [7, 11) is -4.12. The van der Waals surface area contributed by atoms with E-state index in [1.54, 1.807) is 6.33 Å². The van der Waals surface area contributed by atoms with Gasteiger partial charge < -0.3 is 25.8 Å². The number of imidazole rings is 1. The zero-order valence-electron chi connectivity index (χ0n) is 17.1. The third-order valence-electron chi connectivity index (χ3n) is 6.15. The topological polar surface area (TPSA) is 186 Å². The van der Waals surface area contributed by atoms with Crippen molar-refractivity contribution >= 4 is 60.8 Å². The molecule has 5 rings (SSSR count). The number of aliphatic hydroxyl groups is 2. The number of aromatic nitrogens is 5. The molecule has 0 aromatic carbocycles. The predicted molar refractivity (Wildman–Crippen MR) is 120 cm³/mol. The molecule has 33 heavy (non-hydrogen) atoms. The summed E-state index contributed by atoms with van der Waals surface area (Å²) in [4.78, 5) is 29.3. The molecular formula is C18H20ClN7O5S2. The molecule has 3 aromatic heterocycles. The van der Waals surface area contributed by atoms with E-state index in [0.29, 0.717) is 36.8 Å². The summed E-state index contributed by atoms with van der Waals surface area (Å²) in [6.07, 6.45) is 4.33. The molecular weight excluding hydrogens is 494 g/mol. The quantitative estimate of drug-likeness (QED) is 0.290. The lowest BCUT2D eigenvalue weighted by Gasteiger charge is -2.28. The Bertz CT molecular complexity index is 1360. The normalized spacial score (nSPS) is 23.8. The van der Waals surface area contributed by atoms with Crippen molar-refractivity contribution in [2.75, 3.05) is 16.8 Å². The van der Waals surface area contributed by atoms with E-state index in [1.807, 2.05) is 4.57 Å². The van der Waals surface area contributed by atoms with Crippen LogP contribution in [0.1, 0.15) is 42.3 Å². The molecule has 1 amide bonds. The molecule has 0 bridgehead atoms. The van der Waals surface area contributed by atoms with Gasteiger partial charge >= 0.3 is 5.12 Å². The Kier molecular flexibility index (Phi) is 5.32. The Morgan fingerprint density at radius 2 is 1.97 bits per heavy atom. The SMILES string of the molecule is Nc1nc(Cl)nc2c1ncn2[C@H]1CC[C@@H](C(=O)Nc2nc3c(s2)C(O)(O)S(=O)(=O)CC3)CC1. The van der Waals surface area contributed by atoms with Gasteiger partial charge in [-0.3, -0.25) is 4.79 Å². The number of nitrogens with two attached hydrogens (primary N) is 1. The van der Waals surface area contributed by atoms with E-state index < -0.39 is 20.7 Å². The molecule has 1 aliphatic carbocycles. The molecule has 0 unspecified atom stereocenters. The fourth-order valence-electron chi connectivity index (χ4n) is 4.35. The minimum atomic E-state index is -4.12. The molecule has 2 aliphatic rings. The number of carbonyl (C=O) groups excluding carboxylic acids is 1. The fraction of sp³-hybridized carbons (Fsp3) is 0.500. The van der Waals surface area contributed by atoms with Crippen LogP contribution in [0.25, 0.3) is 11.2 Å². The van der Waals surface area contributed by atoms with E-state index in [4.69, 9.17) is 17.3 Å². The number of hydrogen-bond donors (Lipinski definition) is 4. The van der Waals surface area contributed by atoms with Crippen molar-refractivity contribution in [3.05, 3.63) is 22.2 Å². The van der Waals surface area contributed by atoms with Gasteiger partial charge in [-0.05, 0) is 37.3 Å². The number of hydrogen-bond acceptors (Lipinski definition) is 11. The standard InChI is InChI=1S/C18H20ClN7O5S2/c19-16-23-13(20)11-14(24-16)26(7-21-11)9-3-1-8(2-4-9)15(27)25-17-22-10-5-6-33(30,31)18(28,29)12(10)32-17/h7-9,28-29H,1-6H2,(H2,20,23,24)(H,22,25,27)/t8-,9+. The van der Waals surface area contributed by atoms with Gasteiger partial charge in [-0.15, -0.1) is 0 Å². The fourth-order valence-corrected chi connectivity index (χ4v) is 7.07. The van der Waals surface area contributed by atoms with Crippen LogP contribution in [0.15, 0.2) is 6.33 Å². The lowest BCUT2D eigenvalue weighted by atomic mass is 9.85. The summed E-state index contributed by atoms with van der Waals surface area (Å²) in [5.41, 5.74) is 7.18. The van der Waals surface area contributed by atoms with E-state index in [-0.39, 0.29) is 51.1 Å². The number of fused-ring (bicyclic) bond motifs is 2. The molecule has 1 fully saturated rings. The van der Waals surface area contributed by atoms with Gasteiger partial charge in [0.15, 0.2) is 16.6 Å². The predicted octanol–water partition coefficient (Wildman–Crippen LogP) is 0.954. The van der Waals surface area contributed by atoms with E-state index in [0.717, 1.165) is 11.3 Å². The van der Waals surface area contributed by atoms with Gasteiger partial charge in [0.25, 0.3) is 0 Å². The molecule has 12 nitrogen and oxygen atoms in total. The Morgan fingerprint density at radius 1 is 1.24 bits per heavy atom. The lowest BCUT2D eigenvalue weighted by Crippen LogP contribution is -2.41. The average Bonchev–Trinajstić information content (AvgIpc) is 3.36. The molecule has 15 heteroatoms. The Morgan fingerprint density at radius 3 is 2.70 bits per heavy atom. The molecule has 0 spiro atoms. The van der Waals surface area contributed by atoms with Gasteiger partial charge in [0, 0.05) is 18.4 Å². The zero-order valence-corrected chi connectivity index (χ0v) is 19.5. The van der Waals surface area contributed by atoms with Gasteiger partial charge in [-0.1, -0.05) is 11.3 Å². The first-order chi connectivity index (χ1) is 15.6. The first-order valence-electron chi connectivity index (χ1n) is 10.2. The summed E-state index contributed by atoms with van der Waals surface area (Å²) >= 11 is 6.71. The van der Waals surface area contributed by atoms with Gasteiger partial charge in [-0.25, -0.2) is 18.4 Å². The first kappa shape index (κ1) is 22.4. The van der Waals surface area contributed by atoms with Crippen LogP contribution < -0.4 is 11.1 Å². The van der Waals surface area contributed by atoms with Crippen LogP contribution in [0, 0.1) is 5.92 Å². The lowest BCUT2D eigenvalue weighted by molar-refractivity contribution is -0.121. The van der Waals surface area contributed by atoms with Gasteiger partial charge in [0.2, 0.25) is 21.0 Å². The van der Waals surface area contributed by atoms with E-state index in [2.05, 4.69) is 25.3 Å². The molecule has 1 aliphatic heterocycles. The van der Waals surface area contributed by atoms with E-state index in [9.17, 15) is 23.4 Å². The molecule has 4 heterocycles. The number of nitrogens with zero attached hydrogens (tertiary/aromatic N) is 5. The third kappa shape index (κ3) is 3.75. The highest BCUT2D eigenvalue weighted by molar-refractivity contribution is 7.92. The molecule has 0 saturated heterocycles. The van der Waals surface area contributed by atoms with Crippen LogP contribution in [-0.4, -0.2) is 54.8 Å². The number of sulfone groups is 1. The van der Waals surface area contributed by atoms with Gasteiger partial charge in [-0.2, -0.15) is 9.97 Å². The minimum absolute atomic E-state index is 0.0449. The van der Waals surface area contributed by atoms with Crippen molar-refractivity contribution in [1.82, 2.24) is 24.5 Å². The number of aryl methyl sites for hydroxylation is 1. The van der Waals surface area contributed by atoms with Crippen LogP contribution >= 0.6 is 22.9 Å². The number of nitrogens with one attached hydrogen (secondary N) is 1. The molecule has 176 valence electrons. The maximum atomic E-state index is 12.8. The third-order valence-corrected chi connectivity index (χ3v) is 9.37. The van der Waals surface area contributed by atoms with Crippen molar-refractivity contribution in [1.29, 1.82) is 0 Å². The van der Waals surface area contributed by atoms with Crippen LogP contribution in [0.2, 0.25) is 5.28 Å². The van der Waals surface area contributed by atoms with Crippen LogP contribution in [0.3, 0.4) is 0 Å². The molecule has 1 saturated carbocycles. The average molecular weight is 514 g/mol. The number of amides is 1. The second-order valence-electron chi connectivity index (χ2n) is 8.17. The minimum Gasteiger partial charge on any atom is -0.382 e. The van der Waals surface area contributed by atoms with Crippen molar-refractivity contribution in [3.8, 4) is 0 Å². The zero-order chi connectivity index (χ0) is 23.5. The van der Waals surface area contributed by atoms with Crippen molar-refractivity contribution in [2.24, 2.45) is 5.92 Å². The maximum Gasteiger partial charge on any atom is 0.307 e. The molecule has 5 N–H and O–H groups in total. The number of thiazole rings is 1. The van der Waals surface area contributed by atoms with E-state index >= 15 is 0 Å². The number of anilines is 2. The number of halogens is 1. The van der Waals surface area contributed by atoms with Crippen molar-refractivity contribution in [2.45, 2.75) is 43.3 Å². The second kappa shape index (κ2) is 7.84. The first-order valence-corrected chi connectivity index (χ1v) is 13.0. The molecule has 0 radical (unpaired) electrons. The van der Waals surface area contributed by atoms with Crippen LogP contribution in [0.5, 0.6) is 0 Å². The highest BCUT2D eigenvalue weighted by Gasteiger charge is 2.48. The Hall–Kier alpha value is -2.39. The Labute approximate surface area is 196 Å². The number of carbonyl (C=O) groups is 1. The summed E-state index contributed by atoms with van der Waals surface area (Å²) in [5, 5.41) is 20.1. The molecule has 3 aromatic rings. The molecule has 0 atom stereocenters. The van der Waals surface area contributed by atoms with Crippen LogP contribution in [-0.2, 0) is 26.2 Å². The summed E-state index contributed by atoms with van der Waals surface area (Å²) in [6.45, 7) is 0. The maximum absolute atomic E-state index is 12.8. The number of nitrogen functional groups attached to an aromatic ring is 1. The number of rotatable bonds is 3. The largest absolute Gasteiger partial charge is 0.382 e. The highest BCUT2D eigenvalue weighted by atomic mass is 35.5. The highest BCUT2D eigenvalue weighted by Crippen LogP contribution is 2.40.